The lowest BCUT2D eigenvalue weighted by molar-refractivity contribution is 0.0848. The molecule has 0 amide bonds. The van der Waals surface area contributed by atoms with Crippen molar-refractivity contribution in [3.8, 4) is 0 Å². The average Bonchev–Trinajstić information content (AvgIpc) is 2.30. The van der Waals surface area contributed by atoms with Gasteiger partial charge in [-0.1, -0.05) is 13.3 Å². The van der Waals surface area contributed by atoms with Crippen LogP contribution in [0.25, 0.3) is 0 Å². The predicted octanol–water partition coefficient (Wildman–Crippen LogP) is 2.20. The first-order chi connectivity index (χ1) is 7.29. The fourth-order valence-electron chi connectivity index (χ4n) is 3.09. The van der Waals surface area contributed by atoms with E-state index in [1.165, 1.54) is 58.3 Å². The Morgan fingerprint density at radius 1 is 0.933 bits per heavy atom. The lowest BCUT2D eigenvalue weighted by Crippen LogP contribution is -2.46. The lowest BCUT2D eigenvalue weighted by Gasteiger charge is -2.41. The number of rotatable bonds is 2. The average molecular weight is 210 g/mol. The molecule has 0 atom stereocenters. The molecule has 0 aliphatic carbocycles. The van der Waals surface area contributed by atoms with Crippen molar-refractivity contribution in [2.75, 3.05) is 33.2 Å². The number of likely N-dealkylation sites (tertiary alicyclic amines) is 2. The fourth-order valence-corrected chi connectivity index (χ4v) is 3.09. The first kappa shape index (κ1) is 11.4. The highest BCUT2D eigenvalue weighted by molar-refractivity contribution is 4.82. The van der Waals surface area contributed by atoms with Crippen molar-refractivity contribution in [1.82, 2.24) is 9.80 Å². The molecule has 0 saturated carbocycles. The van der Waals surface area contributed by atoms with Crippen LogP contribution < -0.4 is 0 Å². The molecule has 0 radical (unpaired) electrons. The predicted molar refractivity (Wildman–Crippen MR) is 65.1 cm³/mol. The van der Waals surface area contributed by atoms with Gasteiger partial charge in [-0.2, -0.15) is 0 Å². The SMILES string of the molecule is CCC1CCN(C2CCN(C)CC2)CC1. The molecule has 88 valence electrons. The van der Waals surface area contributed by atoms with E-state index in [1.807, 2.05) is 0 Å². The van der Waals surface area contributed by atoms with Gasteiger partial charge in [-0.25, -0.2) is 0 Å². The minimum absolute atomic E-state index is 0.902. The van der Waals surface area contributed by atoms with Crippen LogP contribution in [0, 0.1) is 5.92 Å². The van der Waals surface area contributed by atoms with Gasteiger partial charge in [0, 0.05) is 6.04 Å². The Morgan fingerprint density at radius 2 is 1.53 bits per heavy atom. The van der Waals surface area contributed by atoms with Gasteiger partial charge in [0.2, 0.25) is 0 Å². The van der Waals surface area contributed by atoms with Gasteiger partial charge in [0.25, 0.3) is 0 Å². The molecule has 0 N–H and O–H groups in total. The highest BCUT2D eigenvalue weighted by Crippen LogP contribution is 2.24. The Hall–Kier alpha value is -0.0800. The van der Waals surface area contributed by atoms with E-state index in [-0.39, 0.29) is 0 Å². The third-order valence-corrected chi connectivity index (χ3v) is 4.43. The molecule has 0 unspecified atom stereocenters. The molecule has 2 rings (SSSR count). The van der Waals surface area contributed by atoms with Gasteiger partial charge in [-0.15, -0.1) is 0 Å². The van der Waals surface area contributed by atoms with Crippen molar-refractivity contribution in [3.05, 3.63) is 0 Å². The quantitative estimate of drug-likeness (QED) is 0.689. The van der Waals surface area contributed by atoms with Gasteiger partial charge >= 0.3 is 0 Å². The molecular formula is C13H26N2. The zero-order chi connectivity index (χ0) is 10.7. The van der Waals surface area contributed by atoms with Crippen LogP contribution in [0.1, 0.15) is 39.0 Å². The first-order valence-corrected chi connectivity index (χ1v) is 6.72. The Balaban J connectivity index is 1.75. The topological polar surface area (TPSA) is 6.48 Å². The molecule has 2 heteroatoms. The molecule has 0 aromatic rings. The van der Waals surface area contributed by atoms with Crippen LogP contribution in [0.4, 0.5) is 0 Å². The molecule has 0 spiro atoms. The summed E-state index contributed by atoms with van der Waals surface area (Å²) < 4.78 is 0. The lowest BCUT2D eigenvalue weighted by atomic mass is 9.92. The molecule has 2 fully saturated rings. The highest BCUT2D eigenvalue weighted by Gasteiger charge is 2.26. The molecule has 2 nitrogen and oxygen atoms in total. The molecule has 2 saturated heterocycles. The van der Waals surface area contributed by atoms with Crippen molar-refractivity contribution < 1.29 is 0 Å². The van der Waals surface area contributed by atoms with E-state index in [0.717, 1.165) is 12.0 Å². The molecule has 2 aliphatic heterocycles. The van der Waals surface area contributed by atoms with Crippen LogP contribution in [-0.2, 0) is 0 Å². The number of hydrogen-bond acceptors (Lipinski definition) is 2. The minimum atomic E-state index is 0.902. The van der Waals surface area contributed by atoms with E-state index in [0.29, 0.717) is 0 Å². The van der Waals surface area contributed by atoms with Gasteiger partial charge in [0.15, 0.2) is 0 Å². The Morgan fingerprint density at radius 3 is 2.07 bits per heavy atom. The van der Waals surface area contributed by atoms with Gasteiger partial charge in [-0.3, -0.25) is 0 Å². The summed E-state index contributed by atoms with van der Waals surface area (Å²) in [6.45, 7) is 7.69. The molecule has 2 heterocycles. The van der Waals surface area contributed by atoms with Gasteiger partial charge in [-0.05, 0) is 64.8 Å². The maximum absolute atomic E-state index is 2.76. The van der Waals surface area contributed by atoms with E-state index >= 15 is 0 Å². The van der Waals surface area contributed by atoms with Crippen molar-refractivity contribution in [2.45, 2.75) is 45.1 Å². The zero-order valence-corrected chi connectivity index (χ0v) is 10.4. The second-order valence-corrected chi connectivity index (χ2v) is 5.42. The third-order valence-electron chi connectivity index (χ3n) is 4.43. The third kappa shape index (κ3) is 2.94. The Kier molecular flexibility index (Phi) is 4.04. The van der Waals surface area contributed by atoms with Crippen molar-refractivity contribution >= 4 is 0 Å². The summed E-state index contributed by atoms with van der Waals surface area (Å²) in [6, 6.07) is 0.902. The first-order valence-electron chi connectivity index (χ1n) is 6.72. The minimum Gasteiger partial charge on any atom is -0.306 e. The summed E-state index contributed by atoms with van der Waals surface area (Å²) in [4.78, 5) is 5.23. The van der Waals surface area contributed by atoms with Crippen LogP contribution in [-0.4, -0.2) is 49.1 Å². The molecule has 0 aromatic heterocycles. The van der Waals surface area contributed by atoms with Crippen molar-refractivity contribution in [1.29, 1.82) is 0 Å². The van der Waals surface area contributed by atoms with E-state index < -0.39 is 0 Å². The fraction of sp³-hybridized carbons (Fsp3) is 1.00. The van der Waals surface area contributed by atoms with Crippen LogP contribution >= 0.6 is 0 Å². The second kappa shape index (κ2) is 5.31. The second-order valence-electron chi connectivity index (χ2n) is 5.42. The van der Waals surface area contributed by atoms with Crippen molar-refractivity contribution in [3.63, 3.8) is 0 Å². The van der Waals surface area contributed by atoms with E-state index in [2.05, 4.69) is 23.8 Å². The molecule has 0 bridgehead atoms. The molecular weight excluding hydrogens is 184 g/mol. The maximum atomic E-state index is 2.76. The molecule has 0 aromatic carbocycles. The van der Waals surface area contributed by atoms with Gasteiger partial charge in [0.05, 0.1) is 0 Å². The number of hydrogen-bond donors (Lipinski definition) is 0. The summed E-state index contributed by atoms with van der Waals surface area (Å²) in [6.07, 6.45) is 7.08. The summed E-state index contributed by atoms with van der Waals surface area (Å²) in [5.74, 6) is 1.02. The van der Waals surface area contributed by atoms with Crippen molar-refractivity contribution in [2.24, 2.45) is 5.92 Å². The Labute approximate surface area is 94.6 Å². The van der Waals surface area contributed by atoms with Gasteiger partial charge in [0.1, 0.15) is 0 Å². The summed E-state index contributed by atoms with van der Waals surface area (Å²) in [7, 11) is 2.25. The summed E-state index contributed by atoms with van der Waals surface area (Å²) in [5, 5.41) is 0. The maximum Gasteiger partial charge on any atom is 0.0120 e. The molecule has 15 heavy (non-hydrogen) atoms. The highest BCUT2D eigenvalue weighted by atomic mass is 15.2. The Bertz CT molecular complexity index is 177. The normalized spacial score (nSPS) is 28.4. The summed E-state index contributed by atoms with van der Waals surface area (Å²) in [5.41, 5.74) is 0. The van der Waals surface area contributed by atoms with E-state index in [9.17, 15) is 0 Å². The van der Waals surface area contributed by atoms with Gasteiger partial charge < -0.3 is 9.80 Å². The summed E-state index contributed by atoms with van der Waals surface area (Å²) >= 11 is 0. The molecule has 2 aliphatic rings. The number of nitrogens with zero attached hydrogens (tertiary/aromatic N) is 2. The van der Waals surface area contributed by atoms with E-state index in [1.54, 1.807) is 0 Å². The number of piperidine rings is 2. The van der Waals surface area contributed by atoms with Crippen LogP contribution in [0.15, 0.2) is 0 Å². The van der Waals surface area contributed by atoms with E-state index in [4.69, 9.17) is 0 Å². The van der Waals surface area contributed by atoms with Crippen LogP contribution in [0.5, 0.6) is 0 Å². The smallest absolute Gasteiger partial charge is 0.0120 e. The monoisotopic (exact) mass is 210 g/mol. The largest absolute Gasteiger partial charge is 0.306 e. The zero-order valence-electron chi connectivity index (χ0n) is 10.4. The van der Waals surface area contributed by atoms with Crippen LogP contribution in [0.2, 0.25) is 0 Å². The standard InChI is InChI=1S/C13H26N2/c1-3-12-4-10-15(11-5-12)13-6-8-14(2)9-7-13/h12-13H,3-11H2,1-2H3. The van der Waals surface area contributed by atoms with Crippen LogP contribution in [0.3, 0.4) is 0 Å².